The molecule has 2 aromatic rings. The standard InChI is InChI=1S/C23H25NO5S/c1-2-3-7-17-13-18-12-16(10-11-19(18)22(17)24-30(28)29)21(25)14-20(23(26)27)15-8-5-4-6-9-15/h4-6,8-12,17,20,22H,2-3,7,13-14H2,1H3,(H,26,27). The zero-order chi connectivity index (χ0) is 21.7. The molecule has 0 bridgehead atoms. The quantitative estimate of drug-likeness (QED) is 0.590. The van der Waals surface area contributed by atoms with E-state index in [0.717, 1.165) is 30.4 Å². The van der Waals surface area contributed by atoms with Crippen molar-refractivity contribution in [1.82, 2.24) is 0 Å². The van der Waals surface area contributed by atoms with Crippen LogP contribution in [0.5, 0.6) is 0 Å². The van der Waals surface area contributed by atoms with E-state index in [2.05, 4.69) is 11.3 Å². The van der Waals surface area contributed by atoms with Gasteiger partial charge in [-0.05, 0) is 41.5 Å². The minimum atomic E-state index is -2.49. The van der Waals surface area contributed by atoms with Crippen LogP contribution in [0.1, 0.15) is 71.6 Å². The molecule has 1 N–H and O–H groups in total. The number of fused-ring (bicyclic) bond motifs is 1. The maximum Gasteiger partial charge on any atom is 0.311 e. The second-order valence-electron chi connectivity index (χ2n) is 7.72. The van der Waals surface area contributed by atoms with Crippen LogP contribution in [0.15, 0.2) is 52.9 Å². The number of carboxylic acid groups (broad SMARTS) is 1. The van der Waals surface area contributed by atoms with E-state index < -0.39 is 28.4 Å². The molecule has 7 heteroatoms. The molecule has 0 saturated carbocycles. The van der Waals surface area contributed by atoms with Gasteiger partial charge >= 0.3 is 16.5 Å². The first-order valence-electron chi connectivity index (χ1n) is 10.1. The largest absolute Gasteiger partial charge is 0.481 e. The monoisotopic (exact) mass is 427 g/mol. The molecular weight excluding hydrogens is 402 g/mol. The van der Waals surface area contributed by atoms with Crippen molar-refractivity contribution in [3.63, 3.8) is 0 Å². The number of rotatable bonds is 9. The molecular formula is C23H25NO5S. The predicted octanol–water partition coefficient (Wildman–Crippen LogP) is 4.59. The zero-order valence-corrected chi connectivity index (χ0v) is 17.6. The highest BCUT2D eigenvalue weighted by molar-refractivity contribution is 7.61. The van der Waals surface area contributed by atoms with E-state index in [-0.39, 0.29) is 18.1 Å². The van der Waals surface area contributed by atoms with Crippen molar-refractivity contribution in [3.05, 3.63) is 70.8 Å². The maximum atomic E-state index is 12.9. The van der Waals surface area contributed by atoms with Crippen LogP contribution < -0.4 is 0 Å². The molecule has 0 amide bonds. The van der Waals surface area contributed by atoms with Crippen LogP contribution in [-0.4, -0.2) is 25.3 Å². The average Bonchev–Trinajstić information content (AvgIpc) is 3.06. The number of carbonyl (C=O) groups excluding carboxylic acids is 1. The number of ketones is 1. The summed E-state index contributed by atoms with van der Waals surface area (Å²) in [6, 6.07) is 13.5. The van der Waals surface area contributed by atoms with E-state index >= 15 is 0 Å². The fourth-order valence-corrected chi connectivity index (χ4v) is 4.66. The highest BCUT2D eigenvalue weighted by Gasteiger charge is 2.33. The van der Waals surface area contributed by atoms with Crippen LogP contribution in [-0.2, 0) is 21.7 Å². The first kappa shape index (κ1) is 21.9. The molecule has 0 aliphatic heterocycles. The molecule has 1 aliphatic carbocycles. The lowest BCUT2D eigenvalue weighted by atomic mass is 9.91. The molecule has 3 rings (SSSR count). The fourth-order valence-electron chi connectivity index (χ4n) is 4.19. The van der Waals surface area contributed by atoms with Crippen molar-refractivity contribution < 1.29 is 23.1 Å². The van der Waals surface area contributed by atoms with Gasteiger partial charge in [-0.2, -0.15) is 12.8 Å². The summed E-state index contributed by atoms with van der Waals surface area (Å²) < 4.78 is 26.3. The number of hydrogen-bond donors (Lipinski definition) is 1. The number of hydrogen-bond acceptors (Lipinski definition) is 5. The Kier molecular flexibility index (Phi) is 7.15. The van der Waals surface area contributed by atoms with Gasteiger partial charge in [0.15, 0.2) is 5.78 Å². The van der Waals surface area contributed by atoms with Crippen LogP contribution >= 0.6 is 0 Å². The molecule has 0 saturated heterocycles. The van der Waals surface area contributed by atoms with E-state index in [1.54, 1.807) is 48.5 Å². The van der Waals surface area contributed by atoms with Gasteiger partial charge in [-0.25, -0.2) is 0 Å². The second kappa shape index (κ2) is 9.80. The van der Waals surface area contributed by atoms with E-state index in [9.17, 15) is 23.1 Å². The minimum Gasteiger partial charge on any atom is -0.481 e. The van der Waals surface area contributed by atoms with Gasteiger partial charge in [0.25, 0.3) is 0 Å². The third-order valence-corrected chi connectivity index (χ3v) is 6.13. The van der Waals surface area contributed by atoms with Crippen LogP contribution in [0.3, 0.4) is 0 Å². The van der Waals surface area contributed by atoms with E-state index in [1.165, 1.54) is 0 Å². The Labute approximate surface area is 177 Å². The molecule has 30 heavy (non-hydrogen) atoms. The Morgan fingerprint density at radius 2 is 1.90 bits per heavy atom. The summed E-state index contributed by atoms with van der Waals surface area (Å²) in [7, 11) is -2.49. The predicted molar refractivity (Wildman–Crippen MR) is 113 cm³/mol. The van der Waals surface area contributed by atoms with Gasteiger partial charge in [0.1, 0.15) is 0 Å². The van der Waals surface area contributed by atoms with Crippen molar-refractivity contribution in [2.24, 2.45) is 10.3 Å². The Morgan fingerprint density at radius 3 is 2.53 bits per heavy atom. The maximum absolute atomic E-state index is 12.9. The average molecular weight is 428 g/mol. The van der Waals surface area contributed by atoms with Crippen molar-refractivity contribution in [2.45, 2.75) is 51.0 Å². The van der Waals surface area contributed by atoms with Crippen LogP contribution in [0, 0.1) is 5.92 Å². The van der Waals surface area contributed by atoms with Gasteiger partial charge in [0.05, 0.1) is 12.0 Å². The van der Waals surface area contributed by atoms with Gasteiger partial charge in [0, 0.05) is 12.0 Å². The molecule has 0 heterocycles. The molecule has 3 atom stereocenters. The van der Waals surface area contributed by atoms with Gasteiger partial charge in [-0.3, -0.25) is 9.59 Å². The number of aliphatic carboxylic acids is 1. The lowest BCUT2D eigenvalue weighted by molar-refractivity contribution is -0.138. The first-order chi connectivity index (χ1) is 14.4. The summed E-state index contributed by atoms with van der Waals surface area (Å²) in [6.45, 7) is 2.09. The van der Waals surface area contributed by atoms with E-state index in [4.69, 9.17) is 0 Å². The lowest BCUT2D eigenvalue weighted by Crippen LogP contribution is -2.16. The third-order valence-electron chi connectivity index (χ3n) is 5.73. The van der Waals surface area contributed by atoms with Crippen molar-refractivity contribution in [1.29, 1.82) is 0 Å². The summed E-state index contributed by atoms with van der Waals surface area (Å²) in [5, 5.41) is 9.59. The topological polar surface area (TPSA) is 101 Å². The van der Waals surface area contributed by atoms with Crippen LogP contribution in [0.2, 0.25) is 0 Å². The van der Waals surface area contributed by atoms with Crippen LogP contribution in [0.25, 0.3) is 0 Å². The Balaban J connectivity index is 1.85. The van der Waals surface area contributed by atoms with E-state index in [0.29, 0.717) is 17.5 Å². The van der Waals surface area contributed by atoms with Gasteiger partial charge in [0.2, 0.25) is 0 Å². The highest BCUT2D eigenvalue weighted by Crippen LogP contribution is 2.42. The lowest BCUT2D eigenvalue weighted by Gasteiger charge is -2.14. The molecule has 6 nitrogen and oxygen atoms in total. The molecule has 0 fully saturated rings. The zero-order valence-electron chi connectivity index (χ0n) is 16.8. The molecule has 1 aliphatic rings. The Hall–Kier alpha value is -2.80. The van der Waals surface area contributed by atoms with Gasteiger partial charge in [-0.15, -0.1) is 0 Å². The van der Waals surface area contributed by atoms with E-state index in [1.807, 2.05) is 0 Å². The Bertz CT molecular complexity index is 1050. The van der Waals surface area contributed by atoms with Gasteiger partial charge < -0.3 is 5.11 Å². The Morgan fingerprint density at radius 1 is 1.17 bits per heavy atom. The second-order valence-corrected chi connectivity index (χ2v) is 8.36. The summed E-state index contributed by atoms with van der Waals surface area (Å²) >= 11 is 0. The molecule has 0 spiro atoms. The molecule has 3 unspecified atom stereocenters. The van der Waals surface area contributed by atoms with Crippen LogP contribution in [0.4, 0.5) is 0 Å². The fraction of sp³-hybridized carbons (Fsp3) is 0.391. The van der Waals surface area contributed by atoms with Crippen molar-refractivity contribution in [3.8, 4) is 0 Å². The number of carbonyl (C=O) groups is 2. The highest BCUT2D eigenvalue weighted by atomic mass is 32.2. The molecule has 158 valence electrons. The summed E-state index contributed by atoms with van der Waals surface area (Å²) in [5.41, 5.74) is 2.81. The summed E-state index contributed by atoms with van der Waals surface area (Å²) in [5.74, 6) is -2.09. The normalized spacial score (nSPS) is 18.4. The number of unbranched alkanes of at least 4 members (excludes halogenated alkanes) is 1. The SMILES string of the molecule is CCCCC1Cc2cc(C(=O)CC(C(=O)O)c3ccccc3)ccc2C1N=S(=O)=O. The number of Topliss-reactive ketones (excluding diaryl/α,β-unsaturated/α-hetero) is 1. The van der Waals surface area contributed by atoms with Crippen molar-refractivity contribution >= 4 is 22.3 Å². The van der Waals surface area contributed by atoms with Gasteiger partial charge in [-0.1, -0.05) is 62.2 Å². The number of benzene rings is 2. The number of nitrogens with zero attached hydrogens (tertiary/aromatic N) is 1. The summed E-state index contributed by atoms with van der Waals surface area (Å²) in [6.07, 6.45) is 3.41. The third kappa shape index (κ3) is 5.02. The summed E-state index contributed by atoms with van der Waals surface area (Å²) in [4.78, 5) is 24.6. The molecule has 0 aromatic heterocycles. The minimum absolute atomic E-state index is 0.0966. The first-order valence-corrected chi connectivity index (χ1v) is 11.2. The molecule has 2 aromatic carbocycles. The molecule has 0 radical (unpaired) electrons. The number of carboxylic acids is 1. The van der Waals surface area contributed by atoms with Crippen molar-refractivity contribution in [2.75, 3.05) is 0 Å². The smallest absolute Gasteiger partial charge is 0.311 e.